The molecular formula is C21H27N3O5S2. The van der Waals surface area contributed by atoms with E-state index in [1.165, 1.54) is 23.5 Å². The summed E-state index contributed by atoms with van der Waals surface area (Å²) in [7, 11) is -6.02. The van der Waals surface area contributed by atoms with Gasteiger partial charge in [-0.25, -0.2) is 21.6 Å². The Morgan fingerprint density at radius 2 is 1.65 bits per heavy atom. The van der Waals surface area contributed by atoms with Crippen LogP contribution in [0.4, 0.5) is 5.69 Å². The Morgan fingerprint density at radius 1 is 1.00 bits per heavy atom. The topological polar surface area (TPSA) is 113 Å². The summed E-state index contributed by atoms with van der Waals surface area (Å²) in [6, 6.07) is 11.1. The number of amides is 1. The highest BCUT2D eigenvalue weighted by atomic mass is 32.2. The molecule has 0 saturated carbocycles. The molecule has 0 aliphatic carbocycles. The molecule has 0 aromatic heterocycles. The molecule has 3 rings (SSSR count). The number of aryl methyl sites for hydroxylation is 2. The minimum absolute atomic E-state index is 0.0446. The number of nitrogens with zero attached hydrogens (tertiary/aromatic N) is 1. The molecule has 1 atom stereocenters. The molecule has 1 saturated heterocycles. The van der Waals surface area contributed by atoms with E-state index in [9.17, 15) is 21.6 Å². The summed E-state index contributed by atoms with van der Waals surface area (Å²) < 4.78 is 53.7. The molecule has 8 nitrogen and oxygen atoms in total. The lowest BCUT2D eigenvalue weighted by molar-refractivity contribution is -0.120. The Bertz CT molecular complexity index is 1180. The first-order valence-corrected chi connectivity index (χ1v) is 12.9. The average Bonchev–Trinajstić information content (AvgIpc) is 2.75. The van der Waals surface area contributed by atoms with Crippen LogP contribution >= 0.6 is 0 Å². The Labute approximate surface area is 183 Å². The maximum atomic E-state index is 13.0. The maximum Gasteiger partial charge on any atom is 0.243 e. The number of piperidine rings is 1. The van der Waals surface area contributed by atoms with Gasteiger partial charge in [-0.3, -0.25) is 4.79 Å². The third-order valence-corrected chi connectivity index (χ3v) is 8.75. The summed E-state index contributed by atoms with van der Waals surface area (Å²) in [4.78, 5) is 13.2. The van der Waals surface area contributed by atoms with Crippen LogP contribution in [0.3, 0.4) is 0 Å². The highest BCUT2D eigenvalue weighted by Gasteiger charge is 2.33. The lowest BCUT2D eigenvalue weighted by atomic mass is 9.98. The quantitative estimate of drug-likeness (QED) is 0.679. The smallest absolute Gasteiger partial charge is 0.243 e. The van der Waals surface area contributed by atoms with Gasteiger partial charge >= 0.3 is 0 Å². The fraction of sp³-hybridized carbons (Fsp3) is 0.381. The number of carbonyl (C=O) groups excluding carboxylic acids is 1. The van der Waals surface area contributed by atoms with Crippen molar-refractivity contribution in [3.8, 4) is 0 Å². The molecule has 0 radical (unpaired) electrons. The van der Waals surface area contributed by atoms with Gasteiger partial charge in [0.2, 0.25) is 26.0 Å². The second-order valence-electron chi connectivity index (χ2n) is 7.69. The summed E-state index contributed by atoms with van der Waals surface area (Å²) in [5.41, 5.74) is 2.07. The number of rotatable bonds is 6. The van der Waals surface area contributed by atoms with Crippen molar-refractivity contribution in [1.82, 2.24) is 9.03 Å². The van der Waals surface area contributed by atoms with Crippen molar-refractivity contribution in [3.63, 3.8) is 0 Å². The van der Waals surface area contributed by atoms with Crippen molar-refractivity contribution in [2.24, 2.45) is 5.92 Å². The van der Waals surface area contributed by atoms with Crippen molar-refractivity contribution in [1.29, 1.82) is 0 Å². The fourth-order valence-electron chi connectivity index (χ4n) is 3.49. The molecule has 1 aliphatic heterocycles. The third kappa shape index (κ3) is 5.15. The molecule has 0 unspecified atom stereocenters. The van der Waals surface area contributed by atoms with Gasteiger partial charge in [-0.2, -0.15) is 4.31 Å². The van der Waals surface area contributed by atoms with Gasteiger partial charge in [0.05, 0.1) is 15.7 Å². The second-order valence-corrected chi connectivity index (χ2v) is 11.5. The molecule has 2 aromatic rings. The van der Waals surface area contributed by atoms with Gasteiger partial charge in [-0.15, -0.1) is 0 Å². The summed E-state index contributed by atoms with van der Waals surface area (Å²) in [5.74, 6) is -0.858. The van der Waals surface area contributed by atoms with E-state index < -0.39 is 26.0 Å². The molecule has 1 aliphatic rings. The second kappa shape index (κ2) is 9.07. The highest BCUT2D eigenvalue weighted by Crippen LogP contribution is 2.26. The minimum Gasteiger partial charge on any atom is -0.326 e. The molecule has 2 aromatic carbocycles. The number of nitrogens with one attached hydrogen (secondary N) is 2. The molecule has 0 spiro atoms. The molecule has 2 N–H and O–H groups in total. The maximum absolute atomic E-state index is 13.0. The van der Waals surface area contributed by atoms with E-state index >= 15 is 0 Å². The largest absolute Gasteiger partial charge is 0.326 e. The van der Waals surface area contributed by atoms with Gasteiger partial charge in [-0.05, 0) is 63.6 Å². The summed E-state index contributed by atoms with van der Waals surface area (Å²) >= 11 is 0. The first-order valence-electron chi connectivity index (χ1n) is 9.96. The van der Waals surface area contributed by atoms with Gasteiger partial charge in [0.15, 0.2) is 0 Å². The van der Waals surface area contributed by atoms with E-state index in [1.54, 1.807) is 37.3 Å². The van der Waals surface area contributed by atoms with E-state index in [0.29, 0.717) is 30.6 Å². The van der Waals surface area contributed by atoms with E-state index in [2.05, 4.69) is 10.0 Å². The van der Waals surface area contributed by atoms with Gasteiger partial charge in [0.1, 0.15) is 0 Å². The zero-order valence-electron chi connectivity index (χ0n) is 17.8. The number of benzene rings is 2. The zero-order chi connectivity index (χ0) is 22.8. The Balaban J connectivity index is 1.77. The van der Waals surface area contributed by atoms with E-state index in [4.69, 9.17) is 0 Å². The van der Waals surface area contributed by atoms with Crippen molar-refractivity contribution in [2.75, 3.05) is 25.5 Å². The molecule has 1 fully saturated rings. The van der Waals surface area contributed by atoms with Gasteiger partial charge in [0, 0.05) is 18.8 Å². The Morgan fingerprint density at radius 3 is 2.29 bits per heavy atom. The highest BCUT2D eigenvalue weighted by molar-refractivity contribution is 7.89. The van der Waals surface area contributed by atoms with Crippen LogP contribution in [0.25, 0.3) is 0 Å². The Hall–Kier alpha value is -2.27. The van der Waals surface area contributed by atoms with Gasteiger partial charge in [-0.1, -0.05) is 23.8 Å². The van der Waals surface area contributed by atoms with E-state index in [0.717, 1.165) is 5.56 Å². The third-order valence-electron chi connectivity index (χ3n) is 5.46. The lowest BCUT2D eigenvalue weighted by Crippen LogP contribution is -2.43. The van der Waals surface area contributed by atoms with Crippen molar-refractivity contribution >= 4 is 31.6 Å². The van der Waals surface area contributed by atoms with Crippen LogP contribution in [0.5, 0.6) is 0 Å². The summed E-state index contributed by atoms with van der Waals surface area (Å²) in [5, 5.41) is 2.78. The average molecular weight is 466 g/mol. The van der Waals surface area contributed by atoms with Crippen molar-refractivity contribution in [3.05, 3.63) is 53.6 Å². The molecular weight excluding hydrogens is 438 g/mol. The van der Waals surface area contributed by atoms with Crippen LogP contribution in [0, 0.1) is 19.8 Å². The minimum atomic E-state index is -3.69. The molecule has 168 valence electrons. The van der Waals surface area contributed by atoms with E-state index in [1.807, 2.05) is 6.92 Å². The fourth-order valence-corrected chi connectivity index (χ4v) is 5.77. The number of carbonyl (C=O) groups is 1. The van der Waals surface area contributed by atoms with Gasteiger partial charge < -0.3 is 5.32 Å². The first-order chi connectivity index (χ1) is 14.5. The molecule has 1 heterocycles. The number of hydrogen-bond acceptors (Lipinski definition) is 5. The Kier molecular flexibility index (Phi) is 6.85. The molecule has 0 bridgehead atoms. The summed E-state index contributed by atoms with van der Waals surface area (Å²) in [6.07, 6.45) is 1.12. The monoisotopic (exact) mass is 465 g/mol. The van der Waals surface area contributed by atoms with Crippen LogP contribution in [0.1, 0.15) is 24.0 Å². The van der Waals surface area contributed by atoms with Crippen molar-refractivity contribution < 1.29 is 21.6 Å². The molecule has 31 heavy (non-hydrogen) atoms. The van der Waals surface area contributed by atoms with E-state index in [-0.39, 0.29) is 22.2 Å². The predicted octanol–water partition coefficient (Wildman–Crippen LogP) is 2.25. The standard InChI is InChI=1S/C21H27N3O5S2/c1-15-6-9-18(10-7-15)31(28,29)24-12-4-5-17(14-24)21(25)23-20-13-19(11-8-16(20)2)30(26,27)22-3/h6-11,13,17,22H,4-5,12,14H2,1-3H3,(H,23,25)/t17-/m1/s1. The normalized spacial score (nSPS) is 18.0. The number of hydrogen-bond donors (Lipinski definition) is 2. The van der Waals surface area contributed by atoms with Crippen LogP contribution < -0.4 is 10.0 Å². The van der Waals surface area contributed by atoms with Crippen LogP contribution in [-0.4, -0.2) is 47.2 Å². The SMILES string of the molecule is CNS(=O)(=O)c1ccc(C)c(NC(=O)[C@@H]2CCCN(S(=O)(=O)c3ccc(C)cc3)C2)c1. The zero-order valence-corrected chi connectivity index (χ0v) is 19.4. The van der Waals surface area contributed by atoms with Crippen LogP contribution in [0.15, 0.2) is 52.3 Å². The van der Waals surface area contributed by atoms with Crippen LogP contribution in [-0.2, 0) is 24.8 Å². The molecule has 10 heteroatoms. The number of anilines is 1. The number of sulfonamides is 2. The first kappa shape index (κ1) is 23.4. The summed E-state index contributed by atoms with van der Waals surface area (Å²) in [6.45, 7) is 4.08. The van der Waals surface area contributed by atoms with Crippen molar-refractivity contribution in [2.45, 2.75) is 36.5 Å². The lowest BCUT2D eigenvalue weighted by Gasteiger charge is -2.31. The predicted molar refractivity (Wildman–Crippen MR) is 119 cm³/mol. The molecule has 1 amide bonds. The van der Waals surface area contributed by atoms with Gasteiger partial charge in [0.25, 0.3) is 0 Å². The van der Waals surface area contributed by atoms with Crippen LogP contribution in [0.2, 0.25) is 0 Å².